The SMILES string of the molecule is CCC(C)(C)NC(=O)C1CCCN1C(=O)OC(C)(C)C. The molecule has 5 nitrogen and oxygen atoms in total. The van der Waals surface area contributed by atoms with E-state index in [1.165, 1.54) is 0 Å². The van der Waals surface area contributed by atoms with Gasteiger partial charge in [0, 0.05) is 12.1 Å². The van der Waals surface area contributed by atoms with Crippen LogP contribution in [0.2, 0.25) is 0 Å². The van der Waals surface area contributed by atoms with Crippen LogP contribution in [0.15, 0.2) is 0 Å². The summed E-state index contributed by atoms with van der Waals surface area (Å²) in [5.74, 6) is -0.0831. The van der Waals surface area contributed by atoms with Crippen LogP contribution < -0.4 is 5.32 Å². The maximum atomic E-state index is 12.3. The first-order valence-electron chi connectivity index (χ1n) is 7.37. The van der Waals surface area contributed by atoms with Crippen molar-refractivity contribution in [2.24, 2.45) is 0 Å². The molecule has 1 rings (SSSR count). The first-order chi connectivity index (χ1) is 9.06. The molecule has 116 valence electrons. The zero-order valence-corrected chi connectivity index (χ0v) is 13.6. The summed E-state index contributed by atoms with van der Waals surface area (Å²) in [6.07, 6.45) is 1.98. The number of nitrogens with zero attached hydrogens (tertiary/aromatic N) is 1. The molecular weight excluding hydrogens is 256 g/mol. The van der Waals surface area contributed by atoms with Gasteiger partial charge in [-0.15, -0.1) is 0 Å². The summed E-state index contributed by atoms with van der Waals surface area (Å²) >= 11 is 0. The van der Waals surface area contributed by atoms with Crippen LogP contribution in [0.25, 0.3) is 0 Å². The largest absolute Gasteiger partial charge is 0.444 e. The molecule has 1 saturated heterocycles. The van der Waals surface area contributed by atoms with Crippen LogP contribution in [-0.2, 0) is 9.53 Å². The van der Waals surface area contributed by atoms with Crippen molar-refractivity contribution < 1.29 is 14.3 Å². The van der Waals surface area contributed by atoms with Gasteiger partial charge in [0.1, 0.15) is 11.6 Å². The van der Waals surface area contributed by atoms with Gasteiger partial charge in [0.25, 0.3) is 0 Å². The lowest BCUT2D eigenvalue weighted by atomic mass is 10.0. The van der Waals surface area contributed by atoms with Crippen LogP contribution >= 0.6 is 0 Å². The summed E-state index contributed by atoms with van der Waals surface area (Å²) in [4.78, 5) is 26.0. The van der Waals surface area contributed by atoms with Gasteiger partial charge in [0.2, 0.25) is 5.91 Å². The number of amides is 2. The van der Waals surface area contributed by atoms with Crippen molar-refractivity contribution in [1.82, 2.24) is 10.2 Å². The quantitative estimate of drug-likeness (QED) is 0.867. The van der Waals surface area contributed by atoms with E-state index in [0.717, 1.165) is 12.8 Å². The molecule has 0 aromatic rings. The highest BCUT2D eigenvalue weighted by molar-refractivity contribution is 5.86. The number of carbonyl (C=O) groups excluding carboxylic acids is 2. The minimum atomic E-state index is -0.538. The van der Waals surface area contributed by atoms with Crippen molar-refractivity contribution in [3.05, 3.63) is 0 Å². The van der Waals surface area contributed by atoms with E-state index in [-0.39, 0.29) is 11.4 Å². The summed E-state index contributed by atoms with van der Waals surface area (Å²) in [7, 11) is 0. The van der Waals surface area contributed by atoms with Crippen molar-refractivity contribution in [1.29, 1.82) is 0 Å². The molecule has 2 amide bonds. The van der Waals surface area contributed by atoms with Gasteiger partial charge in [-0.3, -0.25) is 9.69 Å². The highest BCUT2D eigenvalue weighted by Gasteiger charge is 2.37. The highest BCUT2D eigenvalue weighted by atomic mass is 16.6. The average molecular weight is 284 g/mol. The summed E-state index contributed by atoms with van der Waals surface area (Å²) in [6, 6.07) is -0.407. The Morgan fingerprint density at radius 2 is 1.85 bits per heavy atom. The average Bonchev–Trinajstić information content (AvgIpc) is 2.75. The fourth-order valence-corrected chi connectivity index (χ4v) is 2.08. The zero-order chi connectivity index (χ0) is 15.6. The molecule has 0 aromatic carbocycles. The van der Waals surface area contributed by atoms with E-state index in [9.17, 15) is 9.59 Å². The lowest BCUT2D eigenvalue weighted by Gasteiger charge is -2.31. The molecular formula is C15H28N2O3. The molecule has 0 aromatic heterocycles. The Kier molecular flexibility index (Phi) is 5.05. The molecule has 0 radical (unpaired) electrons. The lowest BCUT2D eigenvalue weighted by Crippen LogP contribution is -2.52. The molecule has 1 N–H and O–H groups in total. The van der Waals surface area contributed by atoms with Crippen molar-refractivity contribution in [2.75, 3.05) is 6.54 Å². The smallest absolute Gasteiger partial charge is 0.410 e. The van der Waals surface area contributed by atoms with E-state index in [1.54, 1.807) is 4.90 Å². The van der Waals surface area contributed by atoms with Crippen LogP contribution in [-0.4, -0.2) is 40.6 Å². The van der Waals surface area contributed by atoms with Crippen molar-refractivity contribution in [3.63, 3.8) is 0 Å². The topological polar surface area (TPSA) is 58.6 Å². The Morgan fingerprint density at radius 3 is 2.35 bits per heavy atom. The molecule has 20 heavy (non-hydrogen) atoms. The van der Waals surface area contributed by atoms with Gasteiger partial charge in [-0.2, -0.15) is 0 Å². The second kappa shape index (κ2) is 6.02. The maximum Gasteiger partial charge on any atom is 0.410 e. The van der Waals surface area contributed by atoms with E-state index in [4.69, 9.17) is 4.74 Å². The predicted molar refractivity (Wildman–Crippen MR) is 78.5 cm³/mol. The van der Waals surface area contributed by atoms with Gasteiger partial charge in [0.05, 0.1) is 0 Å². The normalized spacial score (nSPS) is 19.9. The van der Waals surface area contributed by atoms with Crippen LogP contribution in [0.5, 0.6) is 0 Å². The molecule has 0 saturated carbocycles. The Balaban J connectivity index is 2.70. The number of likely N-dealkylation sites (tertiary alicyclic amines) is 1. The minimum absolute atomic E-state index is 0.0831. The second-order valence-corrected chi connectivity index (χ2v) is 7.06. The van der Waals surface area contributed by atoms with Gasteiger partial charge in [0.15, 0.2) is 0 Å². The maximum absolute atomic E-state index is 12.3. The first kappa shape index (κ1) is 16.8. The summed E-state index contributed by atoms with van der Waals surface area (Å²) in [6.45, 7) is 12.1. The van der Waals surface area contributed by atoms with Crippen LogP contribution in [0, 0.1) is 0 Å². The molecule has 1 heterocycles. The molecule has 5 heteroatoms. The molecule has 0 bridgehead atoms. The van der Waals surface area contributed by atoms with Gasteiger partial charge >= 0.3 is 6.09 Å². The van der Waals surface area contributed by atoms with Gasteiger partial charge in [-0.05, 0) is 53.9 Å². The van der Waals surface area contributed by atoms with E-state index in [0.29, 0.717) is 13.0 Å². The molecule has 1 aliphatic heterocycles. The number of nitrogens with one attached hydrogen (secondary N) is 1. The van der Waals surface area contributed by atoms with E-state index >= 15 is 0 Å². The summed E-state index contributed by atoms with van der Waals surface area (Å²) in [5.41, 5.74) is -0.789. The molecule has 1 atom stereocenters. The number of hydrogen-bond donors (Lipinski definition) is 1. The molecule has 1 fully saturated rings. The van der Waals surface area contributed by atoms with E-state index in [1.807, 2.05) is 41.5 Å². The predicted octanol–water partition coefficient (Wildman–Crippen LogP) is 2.69. The Bertz CT molecular complexity index is 372. The van der Waals surface area contributed by atoms with Gasteiger partial charge in [-0.1, -0.05) is 6.92 Å². The van der Waals surface area contributed by atoms with E-state index < -0.39 is 17.7 Å². The van der Waals surface area contributed by atoms with Crippen molar-refractivity contribution >= 4 is 12.0 Å². The number of ether oxygens (including phenoxy) is 1. The zero-order valence-electron chi connectivity index (χ0n) is 13.6. The highest BCUT2D eigenvalue weighted by Crippen LogP contribution is 2.22. The number of rotatable bonds is 3. The minimum Gasteiger partial charge on any atom is -0.444 e. The Hall–Kier alpha value is -1.26. The van der Waals surface area contributed by atoms with Gasteiger partial charge < -0.3 is 10.1 Å². The Labute approximate surface area is 122 Å². The molecule has 1 aliphatic rings. The number of carbonyl (C=O) groups is 2. The summed E-state index contributed by atoms with van der Waals surface area (Å²) in [5, 5.41) is 3.01. The third-order valence-electron chi connectivity index (χ3n) is 3.53. The van der Waals surface area contributed by atoms with Crippen LogP contribution in [0.1, 0.15) is 60.8 Å². The summed E-state index contributed by atoms with van der Waals surface area (Å²) < 4.78 is 5.37. The van der Waals surface area contributed by atoms with Crippen LogP contribution in [0.3, 0.4) is 0 Å². The molecule has 0 spiro atoms. The third-order valence-corrected chi connectivity index (χ3v) is 3.53. The van der Waals surface area contributed by atoms with Crippen molar-refractivity contribution in [3.8, 4) is 0 Å². The monoisotopic (exact) mass is 284 g/mol. The fraction of sp³-hybridized carbons (Fsp3) is 0.867. The Morgan fingerprint density at radius 1 is 1.25 bits per heavy atom. The van der Waals surface area contributed by atoms with Crippen molar-refractivity contribution in [2.45, 2.75) is 78.0 Å². The molecule has 1 unspecified atom stereocenters. The molecule has 0 aliphatic carbocycles. The van der Waals surface area contributed by atoms with Gasteiger partial charge in [-0.25, -0.2) is 4.79 Å². The second-order valence-electron chi connectivity index (χ2n) is 7.06. The lowest BCUT2D eigenvalue weighted by molar-refractivity contribution is -0.127. The first-order valence-corrected chi connectivity index (χ1v) is 7.37. The van der Waals surface area contributed by atoms with Crippen LogP contribution in [0.4, 0.5) is 4.79 Å². The van der Waals surface area contributed by atoms with E-state index in [2.05, 4.69) is 5.32 Å². The fourth-order valence-electron chi connectivity index (χ4n) is 2.08. The standard InChI is InChI=1S/C15H28N2O3/c1-7-15(5,6)16-12(18)11-9-8-10-17(11)13(19)20-14(2,3)4/h11H,7-10H2,1-6H3,(H,16,18). The number of hydrogen-bond acceptors (Lipinski definition) is 3. The third kappa shape index (κ3) is 4.69.